The second kappa shape index (κ2) is 6.07. The van der Waals surface area contributed by atoms with Crippen LogP contribution >= 0.6 is 0 Å². The van der Waals surface area contributed by atoms with E-state index in [4.69, 9.17) is 5.73 Å². The zero-order valence-corrected chi connectivity index (χ0v) is 12.3. The average molecular weight is 287 g/mol. The average Bonchev–Trinajstić information content (AvgIpc) is 3.02. The van der Waals surface area contributed by atoms with Crippen molar-refractivity contribution in [3.8, 4) is 5.95 Å². The van der Waals surface area contributed by atoms with Gasteiger partial charge in [0.25, 0.3) is 5.95 Å². The third-order valence-electron chi connectivity index (χ3n) is 3.84. The van der Waals surface area contributed by atoms with Gasteiger partial charge in [-0.05, 0) is 31.7 Å². The fourth-order valence-corrected chi connectivity index (χ4v) is 2.88. The molecule has 0 aromatic carbocycles. The molecule has 0 radical (unpaired) electrons. The number of piperidine rings is 1. The predicted molar refractivity (Wildman–Crippen MR) is 81.3 cm³/mol. The molecule has 3 heterocycles. The molecule has 1 atom stereocenters. The van der Waals surface area contributed by atoms with Crippen molar-refractivity contribution in [3.63, 3.8) is 0 Å². The van der Waals surface area contributed by atoms with Crippen LogP contribution in [-0.4, -0.2) is 37.3 Å². The summed E-state index contributed by atoms with van der Waals surface area (Å²) in [5.74, 6) is 1.39. The lowest BCUT2D eigenvalue weighted by Crippen LogP contribution is -2.41. The largest absolute Gasteiger partial charge is 0.368 e. The van der Waals surface area contributed by atoms with Crippen LogP contribution in [0.1, 0.15) is 39.0 Å². The Morgan fingerprint density at radius 3 is 2.86 bits per heavy atom. The number of anilines is 2. The maximum Gasteiger partial charge on any atom is 0.257 e. The molecule has 1 unspecified atom stereocenters. The molecule has 3 rings (SSSR count). The van der Waals surface area contributed by atoms with Crippen molar-refractivity contribution in [1.29, 1.82) is 0 Å². The van der Waals surface area contributed by atoms with Crippen molar-refractivity contribution in [2.45, 2.75) is 45.1 Å². The van der Waals surface area contributed by atoms with Gasteiger partial charge in [-0.15, -0.1) is 0 Å². The van der Waals surface area contributed by atoms with Crippen molar-refractivity contribution < 1.29 is 0 Å². The summed E-state index contributed by atoms with van der Waals surface area (Å²) in [7, 11) is 0. The number of nitrogens with two attached hydrogens (primary N) is 1. The smallest absolute Gasteiger partial charge is 0.257 e. The van der Waals surface area contributed by atoms with Gasteiger partial charge in [-0.3, -0.25) is 0 Å². The number of rotatable bonds is 4. The summed E-state index contributed by atoms with van der Waals surface area (Å²) < 4.78 is 1.61. The highest BCUT2D eigenvalue weighted by Crippen LogP contribution is 2.25. The topological polar surface area (TPSA) is 85.8 Å². The standard InChI is InChI=1S/C14H21N7/c1-2-6-11-7-3-4-9-20(11)13-17-12(15)18-14(19-13)21-10-5-8-16-21/h5,8,10-11H,2-4,6-7,9H2,1H3,(H2,15,17,18,19). The molecular formula is C14H21N7. The Bertz CT molecular complexity index is 579. The SMILES string of the molecule is CCCC1CCCCN1c1nc(N)nc(-n2cccn2)n1. The first-order valence-electron chi connectivity index (χ1n) is 7.56. The van der Waals surface area contributed by atoms with Crippen LogP contribution < -0.4 is 10.6 Å². The molecule has 1 aliphatic rings. The number of nitrogens with zero attached hydrogens (tertiary/aromatic N) is 6. The molecule has 7 heteroatoms. The van der Waals surface area contributed by atoms with Crippen LogP contribution in [0.2, 0.25) is 0 Å². The van der Waals surface area contributed by atoms with E-state index in [9.17, 15) is 0 Å². The van der Waals surface area contributed by atoms with Crippen LogP contribution in [-0.2, 0) is 0 Å². The van der Waals surface area contributed by atoms with Gasteiger partial charge in [0, 0.05) is 25.0 Å². The normalized spacial score (nSPS) is 18.9. The fourth-order valence-electron chi connectivity index (χ4n) is 2.88. The van der Waals surface area contributed by atoms with Crippen LogP contribution in [0.4, 0.5) is 11.9 Å². The van der Waals surface area contributed by atoms with E-state index in [1.54, 1.807) is 17.1 Å². The van der Waals surface area contributed by atoms with Crippen molar-refractivity contribution >= 4 is 11.9 Å². The fraction of sp³-hybridized carbons (Fsp3) is 0.571. The summed E-state index contributed by atoms with van der Waals surface area (Å²) in [6.45, 7) is 3.19. The first-order valence-corrected chi connectivity index (χ1v) is 7.56. The number of hydrogen-bond donors (Lipinski definition) is 1. The third kappa shape index (κ3) is 2.96. The van der Waals surface area contributed by atoms with Gasteiger partial charge in [0.2, 0.25) is 11.9 Å². The number of nitrogen functional groups attached to an aromatic ring is 1. The van der Waals surface area contributed by atoms with Gasteiger partial charge in [0.1, 0.15) is 0 Å². The van der Waals surface area contributed by atoms with E-state index in [1.807, 2.05) is 6.07 Å². The Kier molecular flexibility index (Phi) is 3.98. The van der Waals surface area contributed by atoms with E-state index >= 15 is 0 Å². The Morgan fingerprint density at radius 1 is 1.24 bits per heavy atom. The van der Waals surface area contributed by atoms with Crippen molar-refractivity contribution in [1.82, 2.24) is 24.7 Å². The first kappa shape index (κ1) is 13.8. The summed E-state index contributed by atoms with van der Waals surface area (Å²) >= 11 is 0. The molecule has 1 fully saturated rings. The van der Waals surface area contributed by atoms with Crippen LogP contribution in [0.15, 0.2) is 18.5 Å². The van der Waals surface area contributed by atoms with Gasteiger partial charge in [0.15, 0.2) is 0 Å². The highest BCUT2D eigenvalue weighted by molar-refractivity contribution is 5.39. The third-order valence-corrected chi connectivity index (χ3v) is 3.84. The second-order valence-electron chi connectivity index (χ2n) is 5.38. The molecule has 0 aliphatic carbocycles. The molecule has 1 saturated heterocycles. The van der Waals surface area contributed by atoms with Gasteiger partial charge < -0.3 is 10.6 Å². The molecule has 0 amide bonds. The van der Waals surface area contributed by atoms with E-state index in [0.29, 0.717) is 17.9 Å². The van der Waals surface area contributed by atoms with Crippen molar-refractivity contribution in [2.24, 2.45) is 0 Å². The van der Waals surface area contributed by atoms with Crippen molar-refractivity contribution in [3.05, 3.63) is 18.5 Å². The zero-order valence-electron chi connectivity index (χ0n) is 12.3. The molecular weight excluding hydrogens is 266 g/mol. The van der Waals surface area contributed by atoms with Crippen LogP contribution in [0.25, 0.3) is 5.95 Å². The van der Waals surface area contributed by atoms with E-state index in [0.717, 1.165) is 19.4 Å². The van der Waals surface area contributed by atoms with E-state index < -0.39 is 0 Å². The molecule has 0 saturated carbocycles. The minimum Gasteiger partial charge on any atom is -0.368 e. The zero-order chi connectivity index (χ0) is 14.7. The Balaban J connectivity index is 1.93. The van der Waals surface area contributed by atoms with E-state index in [2.05, 4.69) is 31.9 Å². The quantitative estimate of drug-likeness (QED) is 0.922. The summed E-state index contributed by atoms with van der Waals surface area (Å²) in [6.07, 6.45) is 9.45. The molecule has 112 valence electrons. The molecule has 2 aromatic heterocycles. The molecule has 1 aliphatic heterocycles. The monoisotopic (exact) mass is 287 g/mol. The molecule has 2 N–H and O–H groups in total. The highest BCUT2D eigenvalue weighted by atomic mass is 15.4. The summed E-state index contributed by atoms with van der Waals surface area (Å²) in [6, 6.07) is 2.33. The number of aromatic nitrogens is 5. The maximum atomic E-state index is 5.86. The summed E-state index contributed by atoms with van der Waals surface area (Å²) in [5.41, 5.74) is 5.86. The number of hydrogen-bond acceptors (Lipinski definition) is 6. The molecule has 7 nitrogen and oxygen atoms in total. The lowest BCUT2D eigenvalue weighted by atomic mass is 9.99. The van der Waals surface area contributed by atoms with Gasteiger partial charge in [-0.25, -0.2) is 4.68 Å². The maximum absolute atomic E-state index is 5.86. The Labute approximate surface area is 124 Å². The van der Waals surface area contributed by atoms with E-state index in [-0.39, 0.29) is 5.95 Å². The minimum atomic E-state index is 0.242. The summed E-state index contributed by atoms with van der Waals surface area (Å²) in [4.78, 5) is 15.3. The lowest BCUT2D eigenvalue weighted by Gasteiger charge is -2.35. The van der Waals surface area contributed by atoms with Gasteiger partial charge >= 0.3 is 0 Å². The lowest BCUT2D eigenvalue weighted by molar-refractivity contribution is 0.428. The molecule has 0 spiro atoms. The summed E-state index contributed by atoms with van der Waals surface area (Å²) in [5, 5.41) is 4.16. The Hall–Kier alpha value is -2.18. The highest BCUT2D eigenvalue weighted by Gasteiger charge is 2.25. The van der Waals surface area contributed by atoms with Crippen LogP contribution in [0, 0.1) is 0 Å². The molecule has 2 aromatic rings. The van der Waals surface area contributed by atoms with Crippen LogP contribution in [0.3, 0.4) is 0 Å². The predicted octanol–water partition coefficient (Wildman–Crippen LogP) is 1.80. The molecule has 21 heavy (non-hydrogen) atoms. The molecule has 0 bridgehead atoms. The van der Waals surface area contributed by atoms with Crippen molar-refractivity contribution in [2.75, 3.05) is 17.2 Å². The van der Waals surface area contributed by atoms with E-state index in [1.165, 1.54) is 19.3 Å². The van der Waals surface area contributed by atoms with Gasteiger partial charge in [-0.1, -0.05) is 13.3 Å². The first-order chi connectivity index (χ1) is 10.3. The Morgan fingerprint density at radius 2 is 2.10 bits per heavy atom. The van der Waals surface area contributed by atoms with Gasteiger partial charge in [0.05, 0.1) is 0 Å². The van der Waals surface area contributed by atoms with Crippen LogP contribution in [0.5, 0.6) is 0 Å². The van der Waals surface area contributed by atoms with Gasteiger partial charge in [-0.2, -0.15) is 20.1 Å². The minimum absolute atomic E-state index is 0.242. The second-order valence-corrected chi connectivity index (χ2v) is 5.38.